The third kappa shape index (κ3) is 2.78. The lowest BCUT2D eigenvalue weighted by Gasteiger charge is -2.23. The summed E-state index contributed by atoms with van der Waals surface area (Å²) in [6.07, 6.45) is 12.2. The van der Waals surface area contributed by atoms with Gasteiger partial charge in [0, 0.05) is 6.04 Å². The Morgan fingerprint density at radius 2 is 1.96 bits per heavy atom. The SMILES string of the molecule is C#C[C@H]1OC(n2cnc3c(NC4CCCC4)ncnc32)[C@@H]2OC(C)(C)O[C@H]12. The van der Waals surface area contributed by atoms with Gasteiger partial charge in [0.1, 0.15) is 24.6 Å². The molecule has 3 aliphatic rings. The fraction of sp³-hybridized carbons (Fsp3) is 0.632. The summed E-state index contributed by atoms with van der Waals surface area (Å²) in [6, 6.07) is 0.443. The van der Waals surface area contributed by atoms with Crippen molar-refractivity contribution in [1.82, 2.24) is 19.5 Å². The summed E-state index contributed by atoms with van der Waals surface area (Å²) >= 11 is 0. The molecule has 142 valence electrons. The zero-order valence-electron chi connectivity index (χ0n) is 15.5. The summed E-state index contributed by atoms with van der Waals surface area (Å²) in [5, 5.41) is 3.51. The normalized spacial score (nSPS) is 32.6. The van der Waals surface area contributed by atoms with E-state index in [0.717, 1.165) is 24.2 Å². The molecular formula is C19H23N5O3. The van der Waals surface area contributed by atoms with Gasteiger partial charge in [0.15, 0.2) is 29.0 Å². The van der Waals surface area contributed by atoms with Gasteiger partial charge in [0.2, 0.25) is 0 Å². The van der Waals surface area contributed by atoms with Crippen LogP contribution in [0.2, 0.25) is 0 Å². The van der Waals surface area contributed by atoms with Crippen molar-refractivity contribution in [3.8, 4) is 12.3 Å². The van der Waals surface area contributed by atoms with Crippen molar-refractivity contribution in [2.75, 3.05) is 5.32 Å². The van der Waals surface area contributed by atoms with E-state index in [0.29, 0.717) is 11.7 Å². The molecule has 0 spiro atoms. The summed E-state index contributed by atoms with van der Waals surface area (Å²) in [5.74, 6) is 2.73. The van der Waals surface area contributed by atoms with E-state index in [9.17, 15) is 0 Å². The molecule has 3 fully saturated rings. The van der Waals surface area contributed by atoms with Crippen LogP contribution in [0.15, 0.2) is 12.7 Å². The van der Waals surface area contributed by atoms with Gasteiger partial charge < -0.3 is 19.5 Å². The predicted molar refractivity (Wildman–Crippen MR) is 97.8 cm³/mol. The number of anilines is 1. The van der Waals surface area contributed by atoms with Crippen LogP contribution in [-0.4, -0.2) is 49.7 Å². The fourth-order valence-electron chi connectivity index (χ4n) is 4.34. The van der Waals surface area contributed by atoms with E-state index in [1.165, 1.54) is 12.8 Å². The van der Waals surface area contributed by atoms with Crippen LogP contribution in [-0.2, 0) is 14.2 Å². The average molecular weight is 369 g/mol. The molecule has 1 saturated carbocycles. The minimum Gasteiger partial charge on any atom is -0.365 e. The van der Waals surface area contributed by atoms with Gasteiger partial charge in [-0.25, -0.2) is 15.0 Å². The number of fused-ring (bicyclic) bond motifs is 2. The summed E-state index contributed by atoms with van der Waals surface area (Å²) in [7, 11) is 0. The highest BCUT2D eigenvalue weighted by Gasteiger charge is 2.55. The van der Waals surface area contributed by atoms with Crippen LogP contribution in [0.25, 0.3) is 11.2 Å². The minimum absolute atomic E-state index is 0.314. The second kappa shape index (κ2) is 6.16. The van der Waals surface area contributed by atoms with Crippen molar-refractivity contribution >= 4 is 17.0 Å². The molecule has 8 nitrogen and oxygen atoms in total. The maximum Gasteiger partial charge on any atom is 0.167 e. The molecule has 27 heavy (non-hydrogen) atoms. The molecule has 2 saturated heterocycles. The summed E-state index contributed by atoms with van der Waals surface area (Å²) in [6.45, 7) is 3.77. The highest BCUT2D eigenvalue weighted by atomic mass is 16.8. The molecule has 1 N–H and O–H groups in total. The largest absolute Gasteiger partial charge is 0.365 e. The lowest BCUT2D eigenvalue weighted by molar-refractivity contribution is -0.190. The van der Waals surface area contributed by atoms with Gasteiger partial charge in [0.05, 0.1) is 6.33 Å². The topological polar surface area (TPSA) is 83.3 Å². The zero-order chi connectivity index (χ0) is 18.6. The number of hydrogen-bond acceptors (Lipinski definition) is 7. The molecule has 0 aromatic carbocycles. The van der Waals surface area contributed by atoms with Crippen LogP contribution in [0.1, 0.15) is 45.8 Å². The Morgan fingerprint density at radius 3 is 2.74 bits per heavy atom. The van der Waals surface area contributed by atoms with E-state index in [4.69, 9.17) is 20.6 Å². The number of ether oxygens (including phenoxy) is 3. The summed E-state index contributed by atoms with van der Waals surface area (Å²) in [5.41, 5.74) is 1.42. The van der Waals surface area contributed by atoms with E-state index in [1.54, 1.807) is 12.7 Å². The van der Waals surface area contributed by atoms with Gasteiger partial charge in [-0.3, -0.25) is 4.57 Å². The van der Waals surface area contributed by atoms with Gasteiger partial charge in [-0.05, 0) is 26.7 Å². The van der Waals surface area contributed by atoms with Crippen LogP contribution in [0.3, 0.4) is 0 Å². The number of nitrogens with one attached hydrogen (secondary N) is 1. The number of nitrogens with zero attached hydrogens (tertiary/aromatic N) is 4. The molecule has 4 atom stereocenters. The standard InChI is InChI=1S/C19H23N5O3/c1-4-12-14-15(27-19(2,3)26-14)18(25-12)24-10-22-13-16(20-9-21-17(13)24)23-11-7-5-6-8-11/h1,9-12,14-15,18H,5-8H2,2-3H3,(H,20,21,23)/t12-,14-,15-,18?/m1/s1. The van der Waals surface area contributed by atoms with Crippen LogP contribution in [0.5, 0.6) is 0 Å². The molecule has 4 heterocycles. The van der Waals surface area contributed by atoms with E-state index < -0.39 is 18.1 Å². The number of terminal acetylenes is 1. The van der Waals surface area contributed by atoms with Gasteiger partial charge >= 0.3 is 0 Å². The Balaban J connectivity index is 1.49. The molecule has 2 aromatic heterocycles. The lowest BCUT2D eigenvalue weighted by Crippen LogP contribution is -2.28. The summed E-state index contributed by atoms with van der Waals surface area (Å²) in [4.78, 5) is 13.4. The molecule has 1 aliphatic carbocycles. The molecule has 0 amide bonds. The molecule has 0 radical (unpaired) electrons. The monoisotopic (exact) mass is 369 g/mol. The molecule has 5 rings (SSSR count). The van der Waals surface area contributed by atoms with Crippen molar-refractivity contribution in [2.24, 2.45) is 0 Å². The zero-order valence-corrected chi connectivity index (χ0v) is 15.5. The van der Waals surface area contributed by atoms with Crippen molar-refractivity contribution in [3.63, 3.8) is 0 Å². The fourth-order valence-corrected chi connectivity index (χ4v) is 4.34. The maximum atomic E-state index is 6.08. The highest BCUT2D eigenvalue weighted by Crippen LogP contribution is 2.43. The van der Waals surface area contributed by atoms with Crippen molar-refractivity contribution in [3.05, 3.63) is 12.7 Å². The average Bonchev–Trinajstić information content (AvgIpc) is 3.38. The van der Waals surface area contributed by atoms with E-state index in [-0.39, 0.29) is 12.2 Å². The number of aromatic nitrogens is 4. The Labute approximate surface area is 157 Å². The third-order valence-corrected chi connectivity index (χ3v) is 5.52. The van der Waals surface area contributed by atoms with E-state index in [2.05, 4.69) is 26.2 Å². The first kappa shape index (κ1) is 16.9. The van der Waals surface area contributed by atoms with Crippen LogP contribution >= 0.6 is 0 Å². The van der Waals surface area contributed by atoms with Crippen LogP contribution in [0, 0.1) is 12.3 Å². The maximum absolute atomic E-state index is 6.08. The van der Waals surface area contributed by atoms with Crippen LogP contribution in [0.4, 0.5) is 5.82 Å². The number of hydrogen-bond donors (Lipinski definition) is 1. The van der Waals surface area contributed by atoms with Crippen LogP contribution < -0.4 is 5.32 Å². The van der Waals surface area contributed by atoms with Gasteiger partial charge in [-0.2, -0.15) is 0 Å². The van der Waals surface area contributed by atoms with E-state index in [1.807, 2.05) is 18.4 Å². The predicted octanol–water partition coefficient (Wildman–Crippen LogP) is 2.23. The van der Waals surface area contributed by atoms with Gasteiger partial charge in [-0.15, -0.1) is 6.42 Å². The molecule has 8 heteroatoms. The van der Waals surface area contributed by atoms with Crippen molar-refractivity contribution < 1.29 is 14.2 Å². The Kier molecular flexibility index (Phi) is 3.86. The first-order valence-electron chi connectivity index (χ1n) is 9.47. The van der Waals surface area contributed by atoms with E-state index >= 15 is 0 Å². The summed E-state index contributed by atoms with van der Waals surface area (Å²) < 4.78 is 20.0. The van der Waals surface area contributed by atoms with Crippen molar-refractivity contribution in [2.45, 2.75) is 75.9 Å². The molecule has 2 aliphatic heterocycles. The first-order chi connectivity index (χ1) is 13.1. The highest BCUT2D eigenvalue weighted by molar-refractivity contribution is 5.82. The quantitative estimate of drug-likeness (QED) is 0.831. The first-order valence-corrected chi connectivity index (χ1v) is 9.47. The van der Waals surface area contributed by atoms with Gasteiger partial charge in [0.25, 0.3) is 0 Å². The third-order valence-electron chi connectivity index (χ3n) is 5.52. The molecule has 2 aromatic rings. The minimum atomic E-state index is -0.701. The second-order valence-electron chi connectivity index (χ2n) is 7.85. The molecule has 0 bridgehead atoms. The number of imidazole rings is 1. The Bertz CT molecular complexity index is 898. The Hall–Kier alpha value is -2.21. The van der Waals surface area contributed by atoms with Gasteiger partial charge in [-0.1, -0.05) is 18.8 Å². The molecule has 1 unspecified atom stereocenters. The smallest absolute Gasteiger partial charge is 0.167 e. The molecular weight excluding hydrogens is 346 g/mol. The van der Waals surface area contributed by atoms with Crippen molar-refractivity contribution in [1.29, 1.82) is 0 Å². The Morgan fingerprint density at radius 1 is 1.19 bits per heavy atom. The number of rotatable bonds is 3. The second-order valence-corrected chi connectivity index (χ2v) is 7.85. The lowest BCUT2D eigenvalue weighted by atomic mass is 10.1.